The lowest BCUT2D eigenvalue weighted by Gasteiger charge is -2.36. The zero-order chi connectivity index (χ0) is 15.7. The number of rotatable bonds is 5. The van der Waals surface area contributed by atoms with Crippen molar-refractivity contribution >= 4 is 14.6 Å². The minimum absolute atomic E-state index is 0.190. The van der Waals surface area contributed by atoms with E-state index in [-0.39, 0.29) is 11.8 Å². The van der Waals surface area contributed by atoms with Crippen molar-refractivity contribution in [2.45, 2.75) is 45.3 Å². The topological polar surface area (TPSA) is 44.8 Å². The molecule has 21 heavy (non-hydrogen) atoms. The third-order valence-electron chi connectivity index (χ3n) is 4.40. The van der Waals surface area contributed by atoms with E-state index in [0.717, 1.165) is 11.8 Å². The van der Waals surface area contributed by atoms with Gasteiger partial charge in [0.15, 0.2) is 19.8 Å². The molecule has 0 bridgehead atoms. The molecule has 4 nitrogen and oxygen atoms in total. The van der Waals surface area contributed by atoms with Crippen LogP contribution in [0.5, 0.6) is 11.5 Å². The van der Waals surface area contributed by atoms with Crippen molar-refractivity contribution in [3.8, 4) is 11.5 Å². The van der Waals surface area contributed by atoms with Gasteiger partial charge in [0.2, 0.25) is 6.79 Å². The molecule has 1 heterocycles. The summed E-state index contributed by atoms with van der Waals surface area (Å²) in [6.07, 6.45) is 1.57. The Kier molecular flexibility index (Phi) is 4.44. The van der Waals surface area contributed by atoms with Gasteiger partial charge in [-0.1, -0.05) is 20.8 Å². The van der Waals surface area contributed by atoms with Gasteiger partial charge in [-0.05, 0) is 42.2 Å². The minimum atomic E-state index is -1.75. The highest BCUT2D eigenvalue weighted by Crippen LogP contribution is 2.37. The first-order valence-electron chi connectivity index (χ1n) is 7.26. The first kappa shape index (κ1) is 16.0. The van der Waals surface area contributed by atoms with Crippen molar-refractivity contribution in [3.05, 3.63) is 23.3 Å². The Bertz CT molecular complexity index is 532. The molecule has 0 N–H and O–H groups in total. The maximum atomic E-state index is 11.2. The highest BCUT2D eigenvalue weighted by molar-refractivity contribution is 6.74. The number of ether oxygens (including phenoxy) is 2. The second-order valence-electron chi connectivity index (χ2n) is 6.88. The van der Waals surface area contributed by atoms with Gasteiger partial charge < -0.3 is 13.9 Å². The number of fused-ring (bicyclic) bond motifs is 1. The SMILES string of the molecule is CC(C)(C)[Si](C)(C)OCCc1cc2c(cc1C=O)OCO2. The molecule has 0 aromatic heterocycles. The lowest BCUT2D eigenvalue weighted by atomic mass is 10.0. The highest BCUT2D eigenvalue weighted by Gasteiger charge is 2.36. The summed E-state index contributed by atoms with van der Waals surface area (Å²) in [7, 11) is -1.75. The van der Waals surface area contributed by atoms with Crippen LogP contribution in [0.25, 0.3) is 0 Å². The molecule has 0 spiro atoms. The molecule has 1 aliphatic rings. The molecule has 116 valence electrons. The maximum Gasteiger partial charge on any atom is 0.231 e. The summed E-state index contributed by atoms with van der Waals surface area (Å²) in [6, 6.07) is 3.64. The molecule has 2 rings (SSSR count). The molecule has 1 aromatic carbocycles. The van der Waals surface area contributed by atoms with Gasteiger partial charge >= 0.3 is 0 Å². The summed E-state index contributed by atoms with van der Waals surface area (Å²) < 4.78 is 16.8. The molecule has 0 fully saturated rings. The molecule has 0 unspecified atom stereocenters. The van der Waals surface area contributed by atoms with Crippen molar-refractivity contribution in [1.29, 1.82) is 0 Å². The smallest absolute Gasteiger partial charge is 0.231 e. The lowest BCUT2D eigenvalue weighted by Crippen LogP contribution is -2.41. The van der Waals surface area contributed by atoms with E-state index in [1.807, 2.05) is 6.07 Å². The molecule has 1 aromatic rings. The summed E-state index contributed by atoms with van der Waals surface area (Å²) in [6.45, 7) is 12.0. The first-order valence-corrected chi connectivity index (χ1v) is 10.2. The molecule has 0 atom stereocenters. The van der Waals surface area contributed by atoms with Crippen LogP contribution in [-0.2, 0) is 10.8 Å². The Balaban J connectivity index is 2.05. The van der Waals surface area contributed by atoms with Crippen LogP contribution in [0.15, 0.2) is 12.1 Å². The van der Waals surface area contributed by atoms with E-state index in [4.69, 9.17) is 13.9 Å². The fraction of sp³-hybridized carbons (Fsp3) is 0.562. The van der Waals surface area contributed by atoms with E-state index in [0.29, 0.717) is 30.1 Å². The average Bonchev–Trinajstić information content (AvgIpc) is 2.83. The average molecular weight is 308 g/mol. The molecular weight excluding hydrogens is 284 g/mol. The molecule has 0 amide bonds. The Morgan fingerprint density at radius 1 is 1.24 bits per heavy atom. The van der Waals surface area contributed by atoms with E-state index in [1.165, 1.54) is 0 Å². The summed E-state index contributed by atoms with van der Waals surface area (Å²) in [4.78, 5) is 11.2. The van der Waals surface area contributed by atoms with Gasteiger partial charge in [-0.2, -0.15) is 0 Å². The predicted octanol–water partition coefficient (Wildman–Crippen LogP) is 3.79. The lowest BCUT2D eigenvalue weighted by molar-refractivity contribution is 0.112. The quantitative estimate of drug-likeness (QED) is 0.613. The van der Waals surface area contributed by atoms with E-state index >= 15 is 0 Å². The summed E-state index contributed by atoms with van der Waals surface area (Å²) >= 11 is 0. The highest BCUT2D eigenvalue weighted by atomic mass is 28.4. The van der Waals surface area contributed by atoms with Crippen LogP contribution in [0.3, 0.4) is 0 Å². The molecular formula is C16H24O4Si. The molecule has 0 saturated heterocycles. The number of aldehydes is 1. The zero-order valence-corrected chi connectivity index (χ0v) is 14.5. The molecule has 0 aliphatic carbocycles. The van der Waals surface area contributed by atoms with Gasteiger partial charge in [-0.3, -0.25) is 4.79 Å². The van der Waals surface area contributed by atoms with Gasteiger partial charge in [0.1, 0.15) is 6.29 Å². The van der Waals surface area contributed by atoms with Crippen molar-refractivity contribution in [1.82, 2.24) is 0 Å². The monoisotopic (exact) mass is 308 g/mol. The number of benzene rings is 1. The normalized spacial score (nSPS) is 14.3. The van der Waals surface area contributed by atoms with Gasteiger partial charge in [0, 0.05) is 12.2 Å². The Morgan fingerprint density at radius 3 is 2.43 bits per heavy atom. The third kappa shape index (κ3) is 3.47. The number of carbonyl (C=O) groups is 1. The molecule has 0 saturated carbocycles. The summed E-state index contributed by atoms with van der Waals surface area (Å²) in [5.41, 5.74) is 1.60. The van der Waals surface area contributed by atoms with Gasteiger partial charge in [0.25, 0.3) is 0 Å². The van der Waals surface area contributed by atoms with Crippen LogP contribution in [0.4, 0.5) is 0 Å². The summed E-state index contributed by atoms with van der Waals surface area (Å²) in [5.74, 6) is 1.36. The number of hydrogen-bond donors (Lipinski definition) is 0. The van der Waals surface area contributed by atoms with Crippen molar-refractivity contribution < 1.29 is 18.7 Å². The Hall–Kier alpha value is -1.33. The second kappa shape index (κ2) is 5.81. The van der Waals surface area contributed by atoms with Crippen molar-refractivity contribution in [2.75, 3.05) is 13.4 Å². The molecule has 1 aliphatic heterocycles. The standard InChI is InChI=1S/C16H24O4Si/c1-16(2,3)21(4,5)20-7-6-12-8-14-15(19-11-18-14)9-13(12)10-17/h8-10H,6-7,11H2,1-5H3. The van der Waals surface area contributed by atoms with Crippen LogP contribution in [-0.4, -0.2) is 28.0 Å². The van der Waals surface area contributed by atoms with E-state index in [9.17, 15) is 4.79 Å². The van der Waals surface area contributed by atoms with Gasteiger partial charge in [0.05, 0.1) is 0 Å². The number of hydrogen-bond acceptors (Lipinski definition) is 4. The van der Waals surface area contributed by atoms with Crippen LogP contribution >= 0.6 is 0 Å². The van der Waals surface area contributed by atoms with Crippen LogP contribution in [0.1, 0.15) is 36.7 Å². The fourth-order valence-corrected chi connectivity index (χ4v) is 3.00. The van der Waals surface area contributed by atoms with Crippen molar-refractivity contribution in [3.63, 3.8) is 0 Å². The van der Waals surface area contributed by atoms with Crippen LogP contribution < -0.4 is 9.47 Å². The van der Waals surface area contributed by atoms with E-state index in [2.05, 4.69) is 33.9 Å². The maximum absolute atomic E-state index is 11.2. The first-order chi connectivity index (χ1) is 9.74. The van der Waals surface area contributed by atoms with E-state index in [1.54, 1.807) is 6.07 Å². The van der Waals surface area contributed by atoms with E-state index < -0.39 is 8.32 Å². The van der Waals surface area contributed by atoms with Gasteiger partial charge in [-0.25, -0.2) is 0 Å². The van der Waals surface area contributed by atoms with Crippen molar-refractivity contribution in [2.24, 2.45) is 0 Å². The Labute approximate surface area is 127 Å². The minimum Gasteiger partial charge on any atom is -0.454 e. The van der Waals surface area contributed by atoms with Crippen LogP contribution in [0.2, 0.25) is 18.1 Å². The predicted molar refractivity (Wildman–Crippen MR) is 84.8 cm³/mol. The summed E-state index contributed by atoms with van der Waals surface area (Å²) in [5, 5.41) is 0.190. The molecule has 5 heteroatoms. The largest absolute Gasteiger partial charge is 0.454 e. The van der Waals surface area contributed by atoms with Gasteiger partial charge in [-0.15, -0.1) is 0 Å². The number of carbonyl (C=O) groups excluding carboxylic acids is 1. The third-order valence-corrected chi connectivity index (χ3v) is 8.94. The zero-order valence-electron chi connectivity index (χ0n) is 13.5. The fourth-order valence-electron chi connectivity index (χ4n) is 1.96. The Morgan fingerprint density at radius 2 is 1.86 bits per heavy atom. The van der Waals surface area contributed by atoms with Crippen LogP contribution in [0, 0.1) is 0 Å². The second-order valence-corrected chi connectivity index (χ2v) is 11.7. The molecule has 0 radical (unpaired) electrons.